The zero-order chi connectivity index (χ0) is 33.3. The minimum Gasteiger partial charge on any atom is -0.494 e. The molecule has 0 saturated carbocycles. The molecule has 11 heteroatoms. The first-order valence-electron chi connectivity index (χ1n) is 14.9. The lowest BCUT2D eigenvalue weighted by atomic mass is 10.0. The summed E-state index contributed by atoms with van der Waals surface area (Å²) in [5.41, 5.74) is 0.921. The van der Waals surface area contributed by atoms with Gasteiger partial charge in [-0.25, -0.2) is 17.2 Å². The second-order valence-corrected chi connectivity index (χ2v) is 12.7. The Hall–Kier alpha value is -4.77. The topological polar surface area (TPSA) is 96.0 Å². The number of ether oxygens (including phenoxy) is 1. The van der Waals surface area contributed by atoms with Gasteiger partial charge in [0.2, 0.25) is 11.8 Å². The highest BCUT2D eigenvalue weighted by molar-refractivity contribution is 7.92. The van der Waals surface area contributed by atoms with E-state index in [1.807, 2.05) is 18.2 Å². The van der Waals surface area contributed by atoms with Crippen molar-refractivity contribution in [1.82, 2.24) is 10.2 Å². The molecule has 0 heterocycles. The molecular formula is C35H37F2N3O5S. The third kappa shape index (κ3) is 8.69. The Balaban J connectivity index is 1.80. The molecule has 0 radical (unpaired) electrons. The molecule has 4 aromatic rings. The fourth-order valence-corrected chi connectivity index (χ4v) is 6.30. The highest BCUT2D eigenvalue weighted by Crippen LogP contribution is 2.27. The van der Waals surface area contributed by atoms with Gasteiger partial charge in [-0.2, -0.15) is 0 Å². The summed E-state index contributed by atoms with van der Waals surface area (Å²) in [4.78, 5) is 29.1. The first kappa shape index (κ1) is 34.1. The smallest absolute Gasteiger partial charge is 0.264 e. The van der Waals surface area contributed by atoms with E-state index in [4.69, 9.17) is 4.74 Å². The standard InChI is InChI=1S/C35H37F2N3O5S/c1-4-45-30-18-20-31(21-19-30)46(43,44)40(29-16-14-28(36)15-17-29)24-34(41)39(23-27-12-8-9-13-32(27)37)33(35(42)38-25(2)3)22-26-10-6-5-7-11-26/h5-21,25,33H,4,22-24H2,1-3H3,(H,38,42)/t33-/m1/s1. The number of benzene rings is 4. The number of rotatable bonds is 14. The maximum atomic E-state index is 15.0. The molecule has 4 aromatic carbocycles. The SMILES string of the molecule is CCOc1ccc(S(=O)(=O)N(CC(=O)N(Cc2ccccc2F)[C@H](Cc2ccccc2)C(=O)NC(C)C)c2ccc(F)cc2)cc1. The van der Waals surface area contributed by atoms with Crippen molar-refractivity contribution in [3.8, 4) is 5.75 Å². The number of nitrogens with one attached hydrogen (secondary N) is 1. The molecule has 0 aliphatic heterocycles. The van der Waals surface area contributed by atoms with Gasteiger partial charge in [0.1, 0.15) is 30.0 Å². The van der Waals surface area contributed by atoms with Crippen LogP contribution in [0.4, 0.5) is 14.5 Å². The average molecular weight is 650 g/mol. The zero-order valence-corrected chi connectivity index (χ0v) is 26.7. The van der Waals surface area contributed by atoms with Crippen molar-refractivity contribution in [2.75, 3.05) is 17.5 Å². The zero-order valence-electron chi connectivity index (χ0n) is 25.9. The van der Waals surface area contributed by atoms with E-state index in [-0.39, 0.29) is 35.2 Å². The third-order valence-electron chi connectivity index (χ3n) is 7.12. The van der Waals surface area contributed by atoms with Gasteiger partial charge in [-0.05, 0) is 80.9 Å². The summed E-state index contributed by atoms with van der Waals surface area (Å²) in [5.74, 6) is -1.96. The minimum atomic E-state index is -4.40. The molecule has 4 rings (SSSR count). The van der Waals surface area contributed by atoms with Crippen molar-refractivity contribution in [3.05, 3.63) is 126 Å². The van der Waals surface area contributed by atoms with Crippen LogP contribution in [0.15, 0.2) is 108 Å². The summed E-state index contributed by atoms with van der Waals surface area (Å²) in [5, 5.41) is 2.85. The number of carbonyl (C=O) groups excluding carboxylic acids is 2. The summed E-state index contributed by atoms with van der Waals surface area (Å²) in [6, 6.07) is 23.9. The molecular weight excluding hydrogens is 612 g/mol. The fourth-order valence-electron chi connectivity index (χ4n) is 4.88. The van der Waals surface area contributed by atoms with Gasteiger partial charge in [-0.1, -0.05) is 48.5 Å². The predicted molar refractivity (Wildman–Crippen MR) is 173 cm³/mol. The van der Waals surface area contributed by atoms with Crippen LogP contribution in [0.5, 0.6) is 5.75 Å². The van der Waals surface area contributed by atoms with Crippen LogP contribution in [-0.4, -0.2) is 50.4 Å². The number of carbonyl (C=O) groups is 2. The summed E-state index contributed by atoms with van der Waals surface area (Å²) in [6.45, 7) is 4.67. The number of nitrogens with zero attached hydrogens (tertiary/aromatic N) is 2. The molecule has 0 spiro atoms. The van der Waals surface area contributed by atoms with Crippen LogP contribution < -0.4 is 14.4 Å². The summed E-state index contributed by atoms with van der Waals surface area (Å²) >= 11 is 0. The molecule has 0 saturated heterocycles. The van der Waals surface area contributed by atoms with Crippen LogP contribution in [0.3, 0.4) is 0 Å². The Morgan fingerprint density at radius 2 is 1.48 bits per heavy atom. The normalized spacial score (nSPS) is 12.0. The van der Waals surface area contributed by atoms with Crippen molar-refractivity contribution in [2.24, 2.45) is 0 Å². The number of anilines is 1. The van der Waals surface area contributed by atoms with Gasteiger partial charge < -0.3 is 15.0 Å². The van der Waals surface area contributed by atoms with Gasteiger partial charge in [-0.3, -0.25) is 13.9 Å². The predicted octanol–water partition coefficient (Wildman–Crippen LogP) is 5.72. The Morgan fingerprint density at radius 3 is 2.09 bits per heavy atom. The van der Waals surface area contributed by atoms with E-state index in [0.29, 0.717) is 12.4 Å². The van der Waals surface area contributed by atoms with Crippen LogP contribution >= 0.6 is 0 Å². The summed E-state index contributed by atoms with van der Waals surface area (Å²) < 4.78 is 63.4. The summed E-state index contributed by atoms with van der Waals surface area (Å²) in [7, 11) is -4.40. The first-order chi connectivity index (χ1) is 22.0. The van der Waals surface area contributed by atoms with E-state index in [2.05, 4.69) is 5.32 Å². The van der Waals surface area contributed by atoms with Crippen LogP contribution in [0.25, 0.3) is 0 Å². The maximum absolute atomic E-state index is 15.0. The summed E-state index contributed by atoms with van der Waals surface area (Å²) in [6.07, 6.45) is 0.0851. The second-order valence-electron chi connectivity index (χ2n) is 10.9. The highest BCUT2D eigenvalue weighted by Gasteiger charge is 2.35. The Labute approximate surface area is 268 Å². The number of hydrogen-bond acceptors (Lipinski definition) is 5. The number of amides is 2. The number of halogens is 2. The van der Waals surface area contributed by atoms with Crippen molar-refractivity contribution >= 4 is 27.5 Å². The Kier molecular flexibility index (Phi) is 11.5. The molecule has 0 aliphatic carbocycles. The highest BCUT2D eigenvalue weighted by atomic mass is 32.2. The molecule has 8 nitrogen and oxygen atoms in total. The average Bonchev–Trinajstić information content (AvgIpc) is 3.03. The van der Waals surface area contributed by atoms with E-state index in [9.17, 15) is 26.8 Å². The van der Waals surface area contributed by atoms with Crippen molar-refractivity contribution in [3.63, 3.8) is 0 Å². The van der Waals surface area contributed by atoms with Gasteiger partial charge in [0.15, 0.2) is 0 Å². The van der Waals surface area contributed by atoms with E-state index in [0.717, 1.165) is 22.0 Å². The molecule has 0 aromatic heterocycles. The van der Waals surface area contributed by atoms with Crippen LogP contribution in [0, 0.1) is 11.6 Å². The Morgan fingerprint density at radius 1 is 0.848 bits per heavy atom. The monoisotopic (exact) mass is 649 g/mol. The van der Waals surface area contributed by atoms with Crippen molar-refractivity contribution in [1.29, 1.82) is 0 Å². The molecule has 0 fully saturated rings. The molecule has 1 atom stereocenters. The molecule has 0 aliphatic rings. The Bertz CT molecular complexity index is 1720. The van der Waals surface area contributed by atoms with Gasteiger partial charge in [0, 0.05) is 24.6 Å². The second kappa shape index (κ2) is 15.5. The van der Waals surface area contributed by atoms with Gasteiger partial charge in [-0.15, -0.1) is 0 Å². The van der Waals surface area contributed by atoms with E-state index in [1.54, 1.807) is 39.0 Å². The van der Waals surface area contributed by atoms with Gasteiger partial charge >= 0.3 is 0 Å². The van der Waals surface area contributed by atoms with Crippen LogP contribution in [0.2, 0.25) is 0 Å². The van der Waals surface area contributed by atoms with Crippen LogP contribution in [0.1, 0.15) is 31.9 Å². The molecule has 46 heavy (non-hydrogen) atoms. The van der Waals surface area contributed by atoms with E-state index < -0.39 is 46.1 Å². The lowest BCUT2D eigenvalue weighted by Gasteiger charge is -2.34. The van der Waals surface area contributed by atoms with Crippen LogP contribution in [-0.2, 0) is 32.6 Å². The molecule has 1 N–H and O–H groups in total. The van der Waals surface area contributed by atoms with E-state index >= 15 is 0 Å². The molecule has 2 amide bonds. The molecule has 0 unspecified atom stereocenters. The number of hydrogen-bond donors (Lipinski definition) is 1. The quantitative estimate of drug-likeness (QED) is 0.189. The van der Waals surface area contributed by atoms with Gasteiger partial charge in [0.25, 0.3) is 10.0 Å². The largest absolute Gasteiger partial charge is 0.494 e. The van der Waals surface area contributed by atoms with E-state index in [1.165, 1.54) is 59.5 Å². The van der Waals surface area contributed by atoms with Crippen molar-refractivity contribution in [2.45, 2.75) is 50.7 Å². The lowest BCUT2D eigenvalue weighted by Crippen LogP contribution is -2.54. The van der Waals surface area contributed by atoms with Crippen molar-refractivity contribution < 1.29 is 31.5 Å². The fraction of sp³-hybridized carbons (Fsp3) is 0.257. The number of sulfonamides is 1. The molecule has 0 bridgehead atoms. The molecule has 242 valence electrons. The maximum Gasteiger partial charge on any atom is 0.264 e. The lowest BCUT2D eigenvalue weighted by molar-refractivity contribution is -0.140. The minimum absolute atomic E-state index is 0.0284. The third-order valence-corrected chi connectivity index (χ3v) is 8.90. The van der Waals surface area contributed by atoms with Gasteiger partial charge in [0.05, 0.1) is 17.2 Å². The first-order valence-corrected chi connectivity index (χ1v) is 16.3.